The van der Waals surface area contributed by atoms with Crippen molar-refractivity contribution in [2.24, 2.45) is 5.92 Å². The Morgan fingerprint density at radius 1 is 1.07 bits per heavy atom. The second-order valence-electron chi connectivity index (χ2n) is 6.65. The molecule has 1 fully saturated rings. The molecule has 0 saturated carbocycles. The molecule has 1 heterocycles. The van der Waals surface area contributed by atoms with Gasteiger partial charge in [-0.1, -0.05) is 53.0 Å². The molecule has 1 amide bonds. The third-order valence-electron chi connectivity index (χ3n) is 4.67. The molecule has 1 N–H and O–H groups in total. The van der Waals surface area contributed by atoms with E-state index >= 15 is 0 Å². The van der Waals surface area contributed by atoms with Gasteiger partial charge in [-0.2, -0.15) is 0 Å². The van der Waals surface area contributed by atoms with Gasteiger partial charge in [0.15, 0.2) is 0 Å². The van der Waals surface area contributed by atoms with Gasteiger partial charge in [-0.25, -0.2) is 12.7 Å². The molecule has 0 atom stereocenters. The van der Waals surface area contributed by atoms with E-state index in [4.69, 9.17) is 34.8 Å². The Hall–Kier alpha value is -1.31. The molecule has 2 aromatic rings. The third-order valence-corrected chi connectivity index (χ3v) is 7.57. The summed E-state index contributed by atoms with van der Waals surface area (Å²) in [6.45, 7) is 0.592. The standard InChI is InChI=1S/C19H19Cl3N2O3S/c20-15-4-1-3-13(11-15)12-28(26,27)24-9-7-14(8-10-24)19(25)23-17-6-2-5-16(21)18(17)22/h1-6,11,14H,7-10,12H2,(H,23,25). The van der Waals surface area contributed by atoms with Crippen molar-refractivity contribution in [3.8, 4) is 0 Å². The van der Waals surface area contributed by atoms with Crippen LogP contribution in [-0.2, 0) is 20.6 Å². The normalized spacial score (nSPS) is 16.1. The molecule has 9 heteroatoms. The number of anilines is 1. The van der Waals surface area contributed by atoms with Crippen molar-refractivity contribution in [3.05, 3.63) is 63.1 Å². The highest BCUT2D eigenvalue weighted by atomic mass is 35.5. The number of hydrogen-bond acceptors (Lipinski definition) is 3. The Kier molecular flexibility index (Phi) is 6.89. The average molecular weight is 462 g/mol. The Bertz CT molecular complexity index is 974. The average Bonchev–Trinajstić information content (AvgIpc) is 2.65. The summed E-state index contributed by atoms with van der Waals surface area (Å²) >= 11 is 18.0. The molecule has 28 heavy (non-hydrogen) atoms. The van der Waals surface area contributed by atoms with Crippen LogP contribution in [0.1, 0.15) is 18.4 Å². The van der Waals surface area contributed by atoms with Crippen molar-refractivity contribution < 1.29 is 13.2 Å². The minimum absolute atomic E-state index is 0.109. The van der Waals surface area contributed by atoms with Gasteiger partial charge in [0.2, 0.25) is 15.9 Å². The zero-order valence-corrected chi connectivity index (χ0v) is 18.0. The van der Waals surface area contributed by atoms with Crippen LogP contribution in [0.2, 0.25) is 15.1 Å². The number of nitrogens with one attached hydrogen (secondary N) is 1. The largest absolute Gasteiger partial charge is 0.324 e. The summed E-state index contributed by atoms with van der Waals surface area (Å²) < 4.78 is 26.8. The lowest BCUT2D eigenvalue weighted by atomic mass is 9.97. The predicted molar refractivity (Wildman–Crippen MR) is 113 cm³/mol. The molecule has 0 bridgehead atoms. The van der Waals surface area contributed by atoms with E-state index in [2.05, 4.69) is 5.32 Å². The Morgan fingerprint density at radius 2 is 1.75 bits per heavy atom. The maximum atomic E-state index is 12.7. The van der Waals surface area contributed by atoms with Crippen molar-refractivity contribution in [3.63, 3.8) is 0 Å². The molecular formula is C19H19Cl3N2O3S. The molecule has 0 radical (unpaired) electrons. The van der Waals surface area contributed by atoms with Gasteiger partial charge < -0.3 is 5.32 Å². The van der Waals surface area contributed by atoms with Crippen LogP contribution in [0.25, 0.3) is 0 Å². The molecule has 0 aliphatic carbocycles. The van der Waals surface area contributed by atoms with Gasteiger partial charge in [0.25, 0.3) is 0 Å². The number of hydrogen-bond donors (Lipinski definition) is 1. The molecule has 3 rings (SSSR count). The molecule has 0 spiro atoms. The first-order valence-corrected chi connectivity index (χ1v) is 11.5. The van der Waals surface area contributed by atoms with E-state index in [1.54, 1.807) is 42.5 Å². The van der Waals surface area contributed by atoms with Gasteiger partial charge in [0.05, 0.1) is 21.5 Å². The lowest BCUT2D eigenvalue weighted by Gasteiger charge is -2.30. The van der Waals surface area contributed by atoms with Crippen LogP contribution in [0.4, 0.5) is 5.69 Å². The summed E-state index contributed by atoms with van der Waals surface area (Å²) in [6, 6.07) is 11.8. The summed E-state index contributed by atoms with van der Waals surface area (Å²) in [7, 11) is -3.47. The van der Waals surface area contributed by atoms with Crippen molar-refractivity contribution in [2.45, 2.75) is 18.6 Å². The Balaban J connectivity index is 1.59. The molecule has 0 unspecified atom stereocenters. The van der Waals surface area contributed by atoms with E-state index in [0.29, 0.717) is 52.2 Å². The number of sulfonamides is 1. The van der Waals surface area contributed by atoms with Crippen LogP contribution >= 0.6 is 34.8 Å². The van der Waals surface area contributed by atoms with E-state index in [0.717, 1.165) is 0 Å². The number of rotatable bonds is 5. The van der Waals surface area contributed by atoms with Gasteiger partial charge in [0.1, 0.15) is 0 Å². The van der Waals surface area contributed by atoms with Crippen LogP contribution in [0, 0.1) is 5.92 Å². The third kappa shape index (κ3) is 5.19. The van der Waals surface area contributed by atoms with E-state index < -0.39 is 10.0 Å². The fraction of sp³-hybridized carbons (Fsp3) is 0.316. The number of carbonyl (C=O) groups excluding carboxylic acids is 1. The smallest absolute Gasteiger partial charge is 0.227 e. The summed E-state index contributed by atoms with van der Waals surface area (Å²) in [4.78, 5) is 12.5. The van der Waals surface area contributed by atoms with E-state index in [1.165, 1.54) is 4.31 Å². The van der Waals surface area contributed by atoms with Crippen LogP contribution in [0.15, 0.2) is 42.5 Å². The topological polar surface area (TPSA) is 66.5 Å². The molecule has 2 aromatic carbocycles. The summed E-state index contributed by atoms with van der Waals surface area (Å²) in [5.41, 5.74) is 1.10. The first-order valence-electron chi connectivity index (χ1n) is 8.73. The van der Waals surface area contributed by atoms with Crippen LogP contribution < -0.4 is 5.32 Å². The highest BCUT2D eigenvalue weighted by Gasteiger charge is 2.31. The van der Waals surface area contributed by atoms with Gasteiger partial charge in [-0.15, -0.1) is 0 Å². The number of halogens is 3. The zero-order valence-electron chi connectivity index (χ0n) is 14.9. The van der Waals surface area contributed by atoms with Crippen molar-refractivity contribution >= 4 is 56.4 Å². The van der Waals surface area contributed by atoms with Gasteiger partial charge in [0, 0.05) is 24.0 Å². The summed E-state index contributed by atoms with van der Waals surface area (Å²) in [5, 5.41) is 3.94. The van der Waals surface area contributed by atoms with Gasteiger partial charge >= 0.3 is 0 Å². The van der Waals surface area contributed by atoms with E-state index in [9.17, 15) is 13.2 Å². The number of benzene rings is 2. The minimum atomic E-state index is -3.47. The second kappa shape index (κ2) is 9.01. The Morgan fingerprint density at radius 3 is 2.43 bits per heavy atom. The van der Waals surface area contributed by atoms with Crippen molar-refractivity contribution in [1.82, 2.24) is 4.31 Å². The molecule has 0 aromatic heterocycles. The fourth-order valence-corrected chi connectivity index (χ4v) is 5.27. The molecule has 1 saturated heterocycles. The lowest BCUT2D eigenvalue weighted by molar-refractivity contribution is -0.120. The Labute approximate surface area is 179 Å². The molecule has 5 nitrogen and oxygen atoms in total. The quantitative estimate of drug-likeness (QED) is 0.693. The van der Waals surface area contributed by atoms with Crippen LogP contribution in [-0.4, -0.2) is 31.7 Å². The highest BCUT2D eigenvalue weighted by Crippen LogP contribution is 2.31. The fourth-order valence-electron chi connectivity index (χ4n) is 3.16. The maximum absolute atomic E-state index is 12.7. The SMILES string of the molecule is O=C(Nc1cccc(Cl)c1Cl)C1CCN(S(=O)(=O)Cc2cccc(Cl)c2)CC1. The van der Waals surface area contributed by atoms with Gasteiger partial charge in [-0.3, -0.25) is 4.79 Å². The van der Waals surface area contributed by atoms with Crippen molar-refractivity contribution in [1.29, 1.82) is 0 Å². The number of carbonyl (C=O) groups is 1. The monoisotopic (exact) mass is 460 g/mol. The maximum Gasteiger partial charge on any atom is 0.227 e. The molecule has 1 aliphatic rings. The molecule has 150 valence electrons. The first-order chi connectivity index (χ1) is 13.3. The number of amides is 1. The minimum Gasteiger partial charge on any atom is -0.324 e. The highest BCUT2D eigenvalue weighted by molar-refractivity contribution is 7.88. The number of piperidine rings is 1. The van der Waals surface area contributed by atoms with E-state index in [-0.39, 0.29) is 17.6 Å². The van der Waals surface area contributed by atoms with E-state index in [1.807, 2.05) is 0 Å². The van der Waals surface area contributed by atoms with Gasteiger partial charge in [-0.05, 0) is 42.7 Å². The van der Waals surface area contributed by atoms with Crippen LogP contribution in [0.5, 0.6) is 0 Å². The summed E-state index contributed by atoms with van der Waals surface area (Å²) in [6.07, 6.45) is 0.886. The zero-order chi connectivity index (χ0) is 20.3. The molecular weight excluding hydrogens is 443 g/mol. The molecule has 1 aliphatic heterocycles. The van der Waals surface area contributed by atoms with Crippen LogP contribution in [0.3, 0.4) is 0 Å². The number of nitrogens with zero attached hydrogens (tertiary/aromatic N) is 1. The summed E-state index contributed by atoms with van der Waals surface area (Å²) in [5.74, 6) is -0.577. The first kappa shape index (κ1) is 21.4. The lowest BCUT2D eigenvalue weighted by Crippen LogP contribution is -2.41. The second-order valence-corrected chi connectivity index (χ2v) is 9.84. The predicted octanol–water partition coefficient (Wildman–Crippen LogP) is 4.83. The van der Waals surface area contributed by atoms with Crippen molar-refractivity contribution in [2.75, 3.05) is 18.4 Å².